The van der Waals surface area contributed by atoms with Crippen molar-refractivity contribution in [3.8, 4) is 6.07 Å². The third-order valence-corrected chi connectivity index (χ3v) is 2.59. The number of amides is 1. The summed E-state index contributed by atoms with van der Waals surface area (Å²) in [6, 6.07) is 1.72. The molecule has 7 nitrogen and oxygen atoms in total. The van der Waals surface area contributed by atoms with Gasteiger partial charge in [-0.25, -0.2) is 4.79 Å². The van der Waals surface area contributed by atoms with Crippen LogP contribution in [0.2, 0.25) is 0 Å². The van der Waals surface area contributed by atoms with Crippen LogP contribution in [-0.2, 0) is 14.4 Å². The fourth-order valence-electron chi connectivity index (χ4n) is 1.35. The Bertz CT molecular complexity index is 399. The minimum Gasteiger partial charge on any atom is -0.477 e. The quantitative estimate of drug-likeness (QED) is 0.742. The van der Waals surface area contributed by atoms with Crippen LogP contribution in [0.3, 0.4) is 0 Å². The molecule has 0 bridgehead atoms. The Labute approximate surface area is 98.3 Å². The zero-order valence-electron chi connectivity index (χ0n) is 9.58. The lowest BCUT2D eigenvalue weighted by molar-refractivity contribution is -0.142. The van der Waals surface area contributed by atoms with E-state index in [-0.39, 0.29) is 30.5 Å². The van der Waals surface area contributed by atoms with Crippen molar-refractivity contribution >= 4 is 17.6 Å². The number of aliphatic carboxylic acids is 1. The van der Waals surface area contributed by atoms with Crippen LogP contribution >= 0.6 is 0 Å². The number of carboxylic acid groups (broad SMARTS) is 1. The van der Waals surface area contributed by atoms with Crippen LogP contribution in [0.1, 0.15) is 19.8 Å². The Morgan fingerprint density at radius 3 is 2.88 bits per heavy atom. The van der Waals surface area contributed by atoms with E-state index in [1.807, 2.05) is 6.07 Å². The summed E-state index contributed by atoms with van der Waals surface area (Å²) < 4.78 is 0. The molecule has 17 heavy (non-hydrogen) atoms. The highest BCUT2D eigenvalue weighted by molar-refractivity contribution is 6.36. The molecule has 1 N–H and O–H groups in total. The van der Waals surface area contributed by atoms with Gasteiger partial charge in [0, 0.05) is 19.5 Å². The average Bonchev–Trinajstić information content (AvgIpc) is 2.76. The maximum absolute atomic E-state index is 11.9. The molecule has 7 heteroatoms. The van der Waals surface area contributed by atoms with Crippen molar-refractivity contribution in [2.24, 2.45) is 5.16 Å². The van der Waals surface area contributed by atoms with Gasteiger partial charge in [-0.15, -0.1) is 0 Å². The average molecular weight is 239 g/mol. The molecule has 92 valence electrons. The summed E-state index contributed by atoms with van der Waals surface area (Å²) in [7, 11) is 1.55. The van der Waals surface area contributed by atoms with E-state index in [0.717, 1.165) is 0 Å². The standard InChI is InChI=1S/C10H13N3O4/c1-6(3-4-11)13(2)9(14)8-5-7(10(15)16)12-17-8/h6,8H,3,5H2,1-2H3,(H,15,16). The zero-order chi connectivity index (χ0) is 13.0. The molecule has 1 aliphatic heterocycles. The van der Waals surface area contributed by atoms with Crippen molar-refractivity contribution in [2.45, 2.75) is 31.9 Å². The predicted octanol–water partition coefficient (Wildman–Crippen LogP) is -0.0235. The van der Waals surface area contributed by atoms with Crippen molar-refractivity contribution in [3.63, 3.8) is 0 Å². The van der Waals surface area contributed by atoms with E-state index in [9.17, 15) is 9.59 Å². The lowest BCUT2D eigenvalue weighted by Crippen LogP contribution is -2.41. The summed E-state index contributed by atoms with van der Waals surface area (Å²) in [5.74, 6) is -1.55. The van der Waals surface area contributed by atoms with Gasteiger partial charge >= 0.3 is 5.97 Å². The molecule has 1 rings (SSSR count). The van der Waals surface area contributed by atoms with Gasteiger partial charge in [0.05, 0.1) is 12.5 Å². The van der Waals surface area contributed by atoms with Crippen molar-refractivity contribution < 1.29 is 19.5 Å². The van der Waals surface area contributed by atoms with Crippen molar-refractivity contribution in [1.29, 1.82) is 5.26 Å². The third kappa shape index (κ3) is 2.93. The number of carboxylic acids is 1. The Morgan fingerprint density at radius 2 is 2.41 bits per heavy atom. The van der Waals surface area contributed by atoms with Gasteiger partial charge in [0.1, 0.15) is 0 Å². The number of likely N-dealkylation sites (N-methyl/N-ethyl adjacent to an activating group) is 1. The molecule has 1 aliphatic rings. The van der Waals surface area contributed by atoms with Crippen LogP contribution in [0, 0.1) is 11.3 Å². The van der Waals surface area contributed by atoms with E-state index < -0.39 is 12.1 Å². The molecule has 1 amide bonds. The number of carbonyl (C=O) groups excluding carboxylic acids is 1. The molecule has 0 aromatic heterocycles. The lowest BCUT2D eigenvalue weighted by Gasteiger charge is -2.24. The molecule has 0 fully saturated rings. The number of rotatable bonds is 4. The van der Waals surface area contributed by atoms with Crippen LogP contribution in [0.15, 0.2) is 5.16 Å². The van der Waals surface area contributed by atoms with Gasteiger partial charge in [-0.05, 0) is 6.92 Å². The third-order valence-electron chi connectivity index (χ3n) is 2.59. The van der Waals surface area contributed by atoms with Crippen molar-refractivity contribution in [1.82, 2.24) is 4.90 Å². The Hall–Kier alpha value is -2.10. The molecule has 1 heterocycles. The summed E-state index contributed by atoms with van der Waals surface area (Å²) in [6.45, 7) is 1.73. The number of hydrogen-bond acceptors (Lipinski definition) is 5. The number of carbonyl (C=O) groups is 2. The Morgan fingerprint density at radius 1 is 1.76 bits per heavy atom. The molecule has 0 spiro atoms. The first-order valence-corrected chi connectivity index (χ1v) is 5.07. The summed E-state index contributed by atoms with van der Waals surface area (Å²) in [6.07, 6.45) is -0.730. The molecule has 0 radical (unpaired) electrons. The fourth-order valence-corrected chi connectivity index (χ4v) is 1.35. The van der Waals surface area contributed by atoms with Crippen LogP contribution in [0.25, 0.3) is 0 Å². The summed E-state index contributed by atoms with van der Waals surface area (Å²) >= 11 is 0. The molecular weight excluding hydrogens is 226 g/mol. The van der Waals surface area contributed by atoms with Gasteiger partial charge in [0.25, 0.3) is 5.91 Å². The first kappa shape index (κ1) is 13.0. The van der Waals surface area contributed by atoms with Gasteiger partial charge in [0.2, 0.25) is 6.10 Å². The monoisotopic (exact) mass is 239 g/mol. The van der Waals surface area contributed by atoms with E-state index in [0.29, 0.717) is 0 Å². The topological polar surface area (TPSA) is 103 Å². The normalized spacial score (nSPS) is 19.8. The summed E-state index contributed by atoms with van der Waals surface area (Å²) in [4.78, 5) is 28.6. The van der Waals surface area contributed by atoms with Crippen LogP contribution in [0.4, 0.5) is 0 Å². The second kappa shape index (κ2) is 5.30. The fraction of sp³-hybridized carbons (Fsp3) is 0.600. The molecule has 2 unspecified atom stereocenters. The maximum atomic E-state index is 11.9. The smallest absolute Gasteiger partial charge is 0.353 e. The van der Waals surface area contributed by atoms with Crippen LogP contribution in [0.5, 0.6) is 0 Å². The highest BCUT2D eigenvalue weighted by Crippen LogP contribution is 2.15. The largest absolute Gasteiger partial charge is 0.477 e. The SMILES string of the molecule is CC(CC#N)N(C)C(=O)C1CC(C(=O)O)=NO1. The van der Waals surface area contributed by atoms with E-state index in [1.165, 1.54) is 4.90 Å². The predicted molar refractivity (Wildman–Crippen MR) is 57.0 cm³/mol. The Balaban J connectivity index is 2.57. The number of nitriles is 1. The molecule has 0 saturated carbocycles. The van der Waals surface area contributed by atoms with Crippen molar-refractivity contribution in [3.05, 3.63) is 0 Å². The minimum absolute atomic E-state index is 0.0439. The molecular formula is C10H13N3O4. The van der Waals surface area contributed by atoms with Gasteiger partial charge < -0.3 is 14.8 Å². The van der Waals surface area contributed by atoms with Crippen LogP contribution < -0.4 is 0 Å². The molecule has 0 aromatic carbocycles. The molecule has 0 aromatic rings. The number of oxime groups is 1. The Kier molecular flexibility index (Phi) is 4.04. The first-order chi connectivity index (χ1) is 7.97. The first-order valence-electron chi connectivity index (χ1n) is 5.07. The van der Waals surface area contributed by atoms with Gasteiger partial charge in [-0.1, -0.05) is 5.16 Å². The van der Waals surface area contributed by atoms with E-state index in [1.54, 1.807) is 14.0 Å². The highest BCUT2D eigenvalue weighted by atomic mass is 16.6. The molecule has 2 atom stereocenters. The van der Waals surface area contributed by atoms with Gasteiger partial charge in [0.15, 0.2) is 5.71 Å². The van der Waals surface area contributed by atoms with E-state index in [2.05, 4.69) is 5.16 Å². The number of nitrogens with zero attached hydrogens (tertiary/aromatic N) is 3. The second-order valence-electron chi connectivity index (χ2n) is 3.80. The zero-order valence-corrected chi connectivity index (χ0v) is 9.58. The maximum Gasteiger partial charge on any atom is 0.353 e. The van der Waals surface area contributed by atoms with Crippen LogP contribution in [-0.4, -0.2) is 46.8 Å². The highest BCUT2D eigenvalue weighted by Gasteiger charge is 2.34. The molecule has 0 saturated heterocycles. The van der Waals surface area contributed by atoms with E-state index in [4.69, 9.17) is 15.2 Å². The van der Waals surface area contributed by atoms with Gasteiger partial charge in [-0.2, -0.15) is 5.26 Å². The minimum atomic E-state index is -1.19. The second-order valence-corrected chi connectivity index (χ2v) is 3.80. The van der Waals surface area contributed by atoms with Crippen molar-refractivity contribution in [2.75, 3.05) is 7.05 Å². The molecule has 0 aliphatic carbocycles. The number of hydrogen-bond donors (Lipinski definition) is 1. The summed E-state index contributed by atoms with van der Waals surface area (Å²) in [5, 5.41) is 20.5. The van der Waals surface area contributed by atoms with Gasteiger partial charge in [-0.3, -0.25) is 4.79 Å². The lowest BCUT2D eigenvalue weighted by atomic mass is 10.1. The van der Waals surface area contributed by atoms with E-state index >= 15 is 0 Å². The summed E-state index contributed by atoms with van der Waals surface area (Å²) in [5.41, 5.74) is -0.162.